The number of nitrogens with zero attached hydrogens (tertiary/aromatic N) is 3. The smallest absolute Gasteiger partial charge is 0.224 e. The molecule has 0 saturated heterocycles. The second kappa shape index (κ2) is 6.57. The van der Waals surface area contributed by atoms with E-state index < -0.39 is 0 Å². The molecule has 1 aliphatic carbocycles. The van der Waals surface area contributed by atoms with Gasteiger partial charge >= 0.3 is 0 Å². The number of anilines is 2. The molecule has 0 atom stereocenters. The Morgan fingerprint density at radius 3 is 2.78 bits per heavy atom. The summed E-state index contributed by atoms with van der Waals surface area (Å²) < 4.78 is 0. The first-order valence-corrected chi connectivity index (χ1v) is 7.18. The lowest BCUT2D eigenvalue weighted by molar-refractivity contribution is 0.612. The van der Waals surface area contributed by atoms with Crippen molar-refractivity contribution < 1.29 is 0 Å². The molecule has 4 heteroatoms. The fourth-order valence-corrected chi connectivity index (χ4v) is 2.65. The Hall–Kier alpha value is -1.32. The predicted octanol–water partition coefficient (Wildman–Crippen LogP) is 3.07. The molecule has 1 aromatic rings. The van der Waals surface area contributed by atoms with Crippen LogP contribution in [0, 0.1) is 0 Å². The van der Waals surface area contributed by atoms with Crippen molar-refractivity contribution in [3.05, 3.63) is 12.3 Å². The Kier molecular flexibility index (Phi) is 4.79. The maximum Gasteiger partial charge on any atom is 0.224 e. The first-order chi connectivity index (χ1) is 8.85. The number of hydrogen-bond donors (Lipinski definition) is 1. The van der Waals surface area contributed by atoms with Gasteiger partial charge in [-0.05, 0) is 32.3 Å². The van der Waals surface area contributed by atoms with Crippen molar-refractivity contribution in [3.63, 3.8) is 0 Å². The van der Waals surface area contributed by atoms with Gasteiger partial charge in [-0.1, -0.05) is 19.8 Å². The molecule has 1 saturated carbocycles. The van der Waals surface area contributed by atoms with Crippen LogP contribution in [0.25, 0.3) is 0 Å². The quantitative estimate of drug-likeness (QED) is 0.840. The number of rotatable bonds is 6. The van der Waals surface area contributed by atoms with Gasteiger partial charge in [-0.2, -0.15) is 4.98 Å². The van der Waals surface area contributed by atoms with Crippen LogP contribution in [-0.4, -0.2) is 29.1 Å². The fraction of sp³-hybridized carbons (Fsp3) is 0.714. The number of hydrogen-bond acceptors (Lipinski definition) is 4. The van der Waals surface area contributed by atoms with E-state index in [0.29, 0.717) is 6.04 Å². The normalized spacial score (nSPS) is 15.9. The lowest BCUT2D eigenvalue weighted by Gasteiger charge is -2.28. The Balaban J connectivity index is 2.09. The monoisotopic (exact) mass is 248 g/mol. The molecule has 100 valence electrons. The number of nitrogens with one attached hydrogen (secondary N) is 1. The molecule has 4 nitrogen and oxygen atoms in total. The number of aromatic nitrogens is 2. The third kappa shape index (κ3) is 3.12. The van der Waals surface area contributed by atoms with Crippen molar-refractivity contribution in [3.8, 4) is 0 Å². The molecule has 1 heterocycles. The summed E-state index contributed by atoms with van der Waals surface area (Å²) in [4.78, 5) is 11.3. The van der Waals surface area contributed by atoms with Gasteiger partial charge in [0.15, 0.2) is 0 Å². The standard InChI is InChI=1S/C14H24N4/c1-3-10-15-14-16-11-9-13(17-14)18(4-2)12-7-5-6-8-12/h9,11-12H,3-8,10H2,1-2H3,(H,15,16,17). The van der Waals surface area contributed by atoms with Crippen molar-refractivity contribution in [1.82, 2.24) is 9.97 Å². The zero-order valence-corrected chi connectivity index (χ0v) is 11.5. The van der Waals surface area contributed by atoms with Crippen molar-refractivity contribution in [1.29, 1.82) is 0 Å². The van der Waals surface area contributed by atoms with E-state index in [9.17, 15) is 0 Å². The molecule has 1 aliphatic rings. The highest BCUT2D eigenvalue weighted by Gasteiger charge is 2.22. The van der Waals surface area contributed by atoms with Crippen LogP contribution in [0.15, 0.2) is 12.3 Å². The topological polar surface area (TPSA) is 41.1 Å². The zero-order chi connectivity index (χ0) is 12.8. The van der Waals surface area contributed by atoms with Gasteiger partial charge in [0.05, 0.1) is 0 Å². The van der Waals surface area contributed by atoms with Crippen LogP contribution in [0.3, 0.4) is 0 Å². The van der Waals surface area contributed by atoms with Crippen LogP contribution >= 0.6 is 0 Å². The minimum absolute atomic E-state index is 0.670. The molecular weight excluding hydrogens is 224 g/mol. The summed E-state index contributed by atoms with van der Waals surface area (Å²) in [7, 11) is 0. The van der Waals surface area contributed by atoms with E-state index >= 15 is 0 Å². The van der Waals surface area contributed by atoms with Gasteiger partial charge in [-0.15, -0.1) is 0 Å². The maximum atomic E-state index is 4.63. The average molecular weight is 248 g/mol. The van der Waals surface area contributed by atoms with Gasteiger partial charge in [0.2, 0.25) is 5.95 Å². The highest BCUT2D eigenvalue weighted by atomic mass is 15.2. The molecule has 0 aromatic carbocycles. The van der Waals surface area contributed by atoms with E-state index in [2.05, 4.69) is 34.0 Å². The van der Waals surface area contributed by atoms with E-state index in [0.717, 1.165) is 31.3 Å². The van der Waals surface area contributed by atoms with Crippen LogP contribution in [-0.2, 0) is 0 Å². The molecule has 0 unspecified atom stereocenters. The van der Waals surface area contributed by atoms with Crippen LogP contribution in [0.4, 0.5) is 11.8 Å². The van der Waals surface area contributed by atoms with E-state index in [1.54, 1.807) is 0 Å². The van der Waals surface area contributed by atoms with Gasteiger partial charge in [-0.3, -0.25) is 0 Å². The summed E-state index contributed by atoms with van der Waals surface area (Å²) in [5, 5.41) is 3.26. The third-order valence-electron chi connectivity index (χ3n) is 3.57. The minimum Gasteiger partial charge on any atom is -0.354 e. The van der Waals surface area contributed by atoms with Gasteiger partial charge in [-0.25, -0.2) is 4.98 Å². The van der Waals surface area contributed by atoms with Crippen molar-refractivity contribution >= 4 is 11.8 Å². The van der Waals surface area contributed by atoms with Crippen LogP contribution in [0.5, 0.6) is 0 Å². The molecule has 0 spiro atoms. The zero-order valence-electron chi connectivity index (χ0n) is 11.5. The SMILES string of the molecule is CCCNc1nccc(N(CC)C2CCCC2)n1. The molecule has 0 amide bonds. The van der Waals surface area contributed by atoms with Crippen LogP contribution in [0.2, 0.25) is 0 Å². The average Bonchev–Trinajstić information content (AvgIpc) is 2.92. The molecule has 1 fully saturated rings. The van der Waals surface area contributed by atoms with Crippen molar-refractivity contribution in [2.75, 3.05) is 23.3 Å². The summed E-state index contributed by atoms with van der Waals surface area (Å²) in [6, 6.07) is 2.70. The van der Waals surface area contributed by atoms with Gasteiger partial charge in [0, 0.05) is 25.3 Å². The molecule has 1 aromatic heterocycles. The first kappa shape index (κ1) is 13.1. The van der Waals surface area contributed by atoms with Crippen LogP contribution in [0.1, 0.15) is 46.0 Å². The third-order valence-corrected chi connectivity index (χ3v) is 3.57. The Morgan fingerprint density at radius 1 is 1.33 bits per heavy atom. The van der Waals surface area contributed by atoms with Crippen LogP contribution < -0.4 is 10.2 Å². The highest BCUT2D eigenvalue weighted by molar-refractivity contribution is 5.43. The summed E-state index contributed by atoms with van der Waals surface area (Å²) in [6.45, 7) is 6.31. The Labute approximate surface area is 110 Å². The second-order valence-electron chi connectivity index (χ2n) is 4.89. The van der Waals surface area contributed by atoms with E-state index in [1.807, 2.05) is 12.3 Å². The second-order valence-corrected chi connectivity index (χ2v) is 4.89. The largest absolute Gasteiger partial charge is 0.354 e. The van der Waals surface area contributed by atoms with Crippen molar-refractivity contribution in [2.45, 2.75) is 52.0 Å². The van der Waals surface area contributed by atoms with E-state index in [4.69, 9.17) is 0 Å². The molecule has 0 bridgehead atoms. The maximum absolute atomic E-state index is 4.63. The summed E-state index contributed by atoms with van der Waals surface area (Å²) in [5.74, 6) is 1.82. The fourth-order valence-electron chi connectivity index (χ4n) is 2.65. The van der Waals surface area contributed by atoms with E-state index in [-0.39, 0.29) is 0 Å². The molecule has 1 N–H and O–H groups in total. The summed E-state index contributed by atoms with van der Waals surface area (Å²) in [5.41, 5.74) is 0. The highest BCUT2D eigenvalue weighted by Crippen LogP contribution is 2.27. The molecule has 0 aliphatic heterocycles. The van der Waals surface area contributed by atoms with Gasteiger partial charge in [0.1, 0.15) is 5.82 Å². The van der Waals surface area contributed by atoms with Gasteiger partial charge in [0.25, 0.3) is 0 Å². The Morgan fingerprint density at radius 2 is 2.11 bits per heavy atom. The summed E-state index contributed by atoms with van der Waals surface area (Å²) >= 11 is 0. The minimum atomic E-state index is 0.670. The van der Waals surface area contributed by atoms with Crippen molar-refractivity contribution in [2.24, 2.45) is 0 Å². The predicted molar refractivity (Wildman–Crippen MR) is 76.1 cm³/mol. The molecular formula is C14H24N4. The Bertz CT molecular complexity index is 361. The van der Waals surface area contributed by atoms with E-state index in [1.165, 1.54) is 25.7 Å². The van der Waals surface area contributed by atoms with Gasteiger partial charge < -0.3 is 10.2 Å². The molecule has 0 radical (unpaired) electrons. The lowest BCUT2D eigenvalue weighted by atomic mass is 10.2. The first-order valence-electron chi connectivity index (χ1n) is 7.18. The summed E-state index contributed by atoms with van der Waals surface area (Å²) in [6.07, 6.45) is 8.26. The lowest BCUT2D eigenvalue weighted by Crippen LogP contribution is -2.33. The molecule has 2 rings (SSSR count). The molecule has 18 heavy (non-hydrogen) atoms.